The highest BCUT2D eigenvalue weighted by Gasteiger charge is 2.39. The van der Waals surface area contributed by atoms with Crippen LogP contribution in [0.1, 0.15) is 105 Å². The molecule has 1 saturated carbocycles. The van der Waals surface area contributed by atoms with E-state index in [4.69, 9.17) is 14.0 Å². The Hall–Kier alpha value is -2.39. The quantitative estimate of drug-likeness (QED) is 0.647. The van der Waals surface area contributed by atoms with E-state index < -0.39 is 5.91 Å². The molecule has 0 aromatic carbocycles. The predicted molar refractivity (Wildman–Crippen MR) is 133 cm³/mol. The third kappa shape index (κ3) is 4.98. The molecule has 0 bridgehead atoms. The lowest BCUT2D eigenvalue weighted by Gasteiger charge is -2.40. The Morgan fingerprint density at radius 1 is 1.14 bits per heavy atom. The van der Waals surface area contributed by atoms with Gasteiger partial charge in [0.05, 0.1) is 23.9 Å². The van der Waals surface area contributed by atoms with E-state index >= 15 is 0 Å². The first kappa shape index (κ1) is 25.7. The van der Waals surface area contributed by atoms with Crippen LogP contribution in [0.2, 0.25) is 0 Å². The summed E-state index contributed by atoms with van der Waals surface area (Å²) in [4.78, 5) is 26.5. The monoisotopic (exact) mass is 488 g/mol. The molecule has 1 N–H and O–H groups in total. The highest BCUT2D eigenvalue weighted by molar-refractivity contribution is 6.04. The fourth-order valence-electron chi connectivity index (χ4n) is 5.44. The maximum atomic E-state index is 13.3. The standard InChI is InChI=1S/C26H40N4O5/c1-15-21(28-35-23(15)19-13-18(33-7)14-20(34-19)26(3,4)5)24(31)27-22-16(2)29(6)30(25(22)32)17-11-9-8-10-12-17/h17-20H,8-14H2,1-7H3,(H,27,31)/t18-,19-,20+/m1/s1. The van der Waals surface area contributed by atoms with Crippen LogP contribution in [0, 0.1) is 19.3 Å². The minimum Gasteiger partial charge on any atom is -0.381 e. The molecule has 9 nitrogen and oxygen atoms in total. The molecule has 2 aromatic rings. The molecule has 1 amide bonds. The minimum atomic E-state index is -0.453. The lowest BCUT2D eigenvalue weighted by molar-refractivity contribution is -0.150. The van der Waals surface area contributed by atoms with Gasteiger partial charge in [0.1, 0.15) is 11.8 Å². The van der Waals surface area contributed by atoms with Gasteiger partial charge in [0, 0.05) is 32.6 Å². The van der Waals surface area contributed by atoms with Crippen molar-refractivity contribution in [2.45, 2.75) is 104 Å². The molecule has 3 atom stereocenters. The number of anilines is 1. The molecule has 0 spiro atoms. The Morgan fingerprint density at radius 3 is 2.46 bits per heavy atom. The van der Waals surface area contributed by atoms with Gasteiger partial charge in [-0.25, -0.2) is 4.68 Å². The number of amides is 1. The first-order valence-corrected chi connectivity index (χ1v) is 12.8. The van der Waals surface area contributed by atoms with Crippen LogP contribution in [0.3, 0.4) is 0 Å². The number of methoxy groups -OCH3 is 1. The molecule has 4 rings (SSSR count). The van der Waals surface area contributed by atoms with E-state index in [1.807, 2.05) is 25.6 Å². The average Bonchev–Trinajstić information content (AvgIpc) is 3.31. The summed E-state index contributed by atoms with van der Waals surface area (Å²) in [5.74, 6) is 0.0844. The lowest BCUT2D eigenvalue weighted by Crippen LogP contribution is -2.40. The first-order chi connectivity index (χ1) is 16.5. The zero-order chi connectivity index (χ0) is 25.5. The van der Waals surface area contributed by atoms with E-state index in [1.54, 1.807) is 11.8 Å². The van der Waals surface area contributed by atoms with E-state index in [0.717, 1.165) is 37.8 Å². The molecule has 2 aromatic heterocycles. The van der Waals surface area contributed by atoms with Crippen LogP contribution in [0.25, 0.3) is 0 Å². The summed E-state index contributed by atoms with van der Waals surface area (Å²) in [6.45, 7) is 10.1. The van der Waals surface area contributed by atoms with E-state index in [2.05, 4.69) is 31.2 Å². The van der Waals surface area contributed by atoms with Gasteiger partial charge >= 0.3 is 0 Å². The zero-order valence-corrected chi connectivity index (χ0v) is 22.1. The summed E-state index contributed by atoms with van der Waals surface area (Å²) in [5, 5.41) is 6.90. The molecule has 194 valence electrons. The third-order valence-corrected chi connectivity index (χ3v) is 7.80. The number of rotatable bonds is 5. The van der Waals surface area contributed by atoms with Gasteiger partial charge in [-0.15, -0.1) is 0 Å². The van der Waals surface area contributed by atoms with Crippen LogP contribution < -0.4 is 10.9 Å². The average molecular weight is 489 g/mol. The van der Waals surface area contributed by atoms with Crippen LogP contribution >= 0.6 is 0 Å². The van der Waals surface area contributed by atoms with Crippen molar-refractivity contribution < 1.29 is 18.8 Å². The molecule has 0 unspecified atom stereocenters. The van der Waals surface area contributed by atoms with Crippen LogP contribution in [-0.4, -0.2) is 39.7 Å². The number of hydrogen-bond donors (Lipinski definition) is 1. The van der Waals surface area contributed by atoms with Gasteiger partial charge in [0.2, 0.25) is 0 Å². The van der Waals surface area contributed by atoms with Crippen molar-refractivity contribution in [2.24, 2.45) is 12.5 Å². The zero-order valence-electron chi connectivity index (χ0n) is 22.1. The highest BCUT2D eigenvalue weighted by Crippen LogP contribution is 2.40. The van der Waals surface area contributed by atoms with Crippen LogP contribution in [0.4, 0.5) is 5.69 Å². The summed E-state index contributed by atoms with van der Waals surface area (Å²) in [6, 6.07) is 0.166. The fourth-order valence-corrected chi connectivity index (χ4v) is 5.44. The van der Waals surface area contributed by atoms with Crippen molar-refractivity contribution in [3.63, 3.8) is 0 Å². The molecule has 2 aliphatic rings. The summed E-state index contributed by atoms with van der Waals surface area (Å²) in [5.41, 5.74) is 1.58. The Morgan fingerprint density at radius 2 is 1.83 bits per heavy atom. The van der Waals surface area contributed by atoms with Crippen molar-refractivity contribution in [1.29, 1.82) is 0 Å². The number of aromatic nitrogens is 3. The molecule has 35 heavy (non-hydrogen) atoms. The number of ether oxygens (including phenoxy) is 2. The lowest BCUT2D eigenvalue weighted by atomic mass is 9.82. The van der Waals surface area contributed by atoms with E-state index in [9.17, 15) is 9.59 Å². The number of hydrogen-bond acceptors (Lipinski definition) is 6. The molecule has 3 heterocycles. The van der Waals surface area contributed by atoms with Gasteiger partial charge in [-0.2, -0.15) is 0 Å². The van der Waals surface area contributed by atoms with Crippen LogP contribution in [0.5, 0.6) is 0 Å². The Bertz CT molecular complexity index is 1120. The molecule has 1 saturated heterocycles. The van der Waals surface area contributed by atoms with Gasteiger partial charge in [-0.3, -0.25) is 14.3 Å². The number of nitrogens with one attached hydrogen (secondary N) is 1. The largest absolute Gasteiger partial charge is 0.381 e. The maximum absolute atomic E-state index is 13.3. The molecular formula is C26H40N4O5. The van der Waals surface area contributed by atoms with Crippen molar-refractivity contribution in [3.8, 4) is 0 Å². The van der Waals surface area contributed by atoms with Crippen molar-refractivity contribution in [2.75, 3.05) is 12.4 Å². The van der Waals surface area contributed by atoms with Crippen LogP contribution in [-0.2, 0) is 16.5 Å². The molecular weight excluding hydrogens is 448 g/mol. The Balaban J connectivity index is 1.57. The van der Waals surface area contributed by atoms with Gasteiger partial charge < -0.3 is 19.3 Å². The fraction of sp³-hybridized carbons (Fsp3) is 0.731. The van der Waals surface area contributed by atoms with Crippen molar-refractivity contribution in [3.05, 3.63) is 33.1 Å². The van der Waals surface area contributed by atoms with Crippen molar-refractivity contribution in [1.82, 2.24) is 14.5 Å². The van der Waals surface area contributed by atoms with Gasteiger partial charge in [-0.1, -0.05) is 45.2 Å². The highest BCUT2D eigenvalue weighted by atomic mass is 16.5. The second-order valence-electron chi connectivity index (χ2n) is 11.2. The van der Waals surface area contributed by atoms with Crippen LogP contribution in [0.15, 0.2) is 9.32 Å². The summed E-state index contributed by atoms with van der Waals surface area (Å²) in [6.07, 6.45) is 6.50. The first-order valence-electron chi connectivity index (χ1n) is 12.8. The molecule has 9 heteroatoms. The number of nitrogens with zero attached hydrogens (tertiary/aromatic N) is 3. The van der Waals surface area contributed by atoms with Gasteiger partial charge in [0.25, 0.3) is 11.5 Å². The smallest absolute Gasteiger partial charge is 0.291 e. The van der Waals surface area contributed by atoms with E-state index in [1.165, 1.54) is 6.42 Å². The second kappa shape index (κ2) is 9.93. The molecule has 1 aliphatic carbocycles. The van der Waals surface area contributed by atoms with Crippen molar-refractivity contribution >= 4 is 11.6 Å². The molecule has 2 fully saturated rings. The summed E-state index contributed by atoms with van der Waals surface area (Å²) < 4.78 is 21.4. The molecule has 0 radical (unpaired) electrons. The number of carbonyl (C=O) groups is 1. The molecule has 1 aliphatic heterocycles. The number of carbonyl (C=O) groups excluding carboxylic acids is 1. The van der Waals surface area contributed by atoms with E-state index in [0.29, 0.717) is 23.4 Å². The predicted octanol–water partition coefficient (Wildman–Crippen LogP) is 4.83. The van der Waals surface area contributed by atoms with Gasteiger partial charge in [0.15, 0.2) is 11.5 Å². The Labute approximate surface area is 207 Å². The Kier molecular flexibility index (Phi) is 7.29. The SMILES string of the molecule is CO[C@H]1C[C@@H](C(C)(C)C)O[C@@H](c2onc(C(=O)Nc3c(C)n(C)n(C4CCCCC4)c3=O)c2C)C1. The maximum Gasteiger partial charge on any atom is 0.291 e. The third-order valence-electron chi connectivity index (χ3n) is 7.80. The normalized spacial score (nSPS) is 24.0. The van der Waals surface area contributed by atoms with Gasteiger partial charge in [-0.05, 0) is 32.1 Å². The topological polar surface area (TPSA) is 101 Å². The van der Waals surface area contributed by atoms with E-state index in [-0.39, 0.29) is 41.0 Å². The minimum absolute atomic E-state index is 0.0156. The summed E-state index contributed by atoms with van der Waals surface area (Å²) >= 11 is 0. The second-order valence-corrected chi connectivity index (χ2v) is 11.2. The summed E-state index contributed by atoms with van der Waals surface area (Å²) in [7, 11) is 3.58.